The Labute approximate surface area is 91.9 Å². The first kappa shape index (κ1) is 14.1. The van der Waals surface area contributed by atoms with Crippen LogP contribution < -0.4 is 0 Å². The van der Waals surface area contributed by atoms with Crippen LogP contribution in [0.15, 0.2) is 0 Å². The highest BCUT2D eigenvalue weighted by Crippen LogP contribution is 2.22. The topological polar surface area (TPSA) is 54.4 Å². The number of hydrogen-bond acceptors (Lipinski definition) is 2. The smallest absolute Gasteiger partial charge is 0.314 e. The third-order valence-corrected chi connectivity index (χ3v) is 2.90. The lowest BCUT2D eigenvalue weighted by Gasteiger charge is -2.17. The molecular weight excluding hydrogens is 192 g/mol. The van der Waals surface area contributed by atoms with Crippen LogP contribution in [0.25, 0.3) is 0 Å². The normalized spacial score (nSPS) is 14.6. The van der Waals surface area contributed by atoms with Crippen molar-refractivity contribution in [2.24, 2.45) is 11.8 Å². The van der Waals surface area contributed by atoms with Crippen molar-refractivity contribution in [3.8, 4) is 0 Å². The van der Waals surface area contributed by atoms with Crippen LogP contribution in [0, 0.1) is 11.8 Å². The van der Waals surface area contributed by atoms with Crippen LogP contribution in [0.2, 0.25) is 0 Å². The van der Waals surface area contributed by atoms with E-state index in [2.05, 4.69) is 13.8 Å². The minimum atomic E-state index is -0.975. The summed E-state index contributed by atoms with van der Waals surface area (Å²) < 4.78 is 0. The fraction of sp³-hybridized carbons (Fsp3) is 0.833. The first-order chi connectivity index (χ1) is 7.02. The summed E-state index contributed by atoms with van der Waals surface area (Å²) in [5, 5.41) is 8.89. The van der Waals surface area contributed by atoms with Crippen LogP contribution >= 0.6 is 0 Å². The lowest BCUT2D eigenvalue weighted by Crippen LogP contribution is -2.24. The molecular formula is C12H22O3. The van der Waals surface area contributed by atoms with Crippen molar-refractivity contribution >= 4 is 11.8 Å². The fourth-order valence-corrected chi connectivity index (χ4v) is 1.76. The lowest BCUT2D eigenvalue weighted by atomic mass is 9.87. The number of hydrogen-bond donors (Lipinski definition) is 1. The molecule has 88 valence electrons. The molecule has 0 aromatic heterocycles. The predicted octanol–water partition coefficient (Wildman–Crippen LogP) is 2.88. The number of ketones is 1. The van der Waals surface area contributed by atoms with Crippen molar-refractivity contribution in [2.45, 2.75) is 52.9 Å². The maximum Gasteiger partial charge on any atom is 0.314 e. The Morgan fingerprint density at radius 1 is 1.27 bits per heavy atom. The molecule has 2 unspecified atom stereocenters. The Morgan fingerprint density at radius 2 is 1.87 bits per heavy atom. The Hall–Kier alpha value is -0.860. The van der Waals surface area contributed by atoms with Crippen LogP contribution in [0.1, 0.15) is 52.9 Å². The SMILES string of the molecule is CCCCC(CC)CC(C(C)=O)C(=O)O. The number of carboxylic acid groups (broad SMARTS) is 1. The first-order valence-corrected chi connectivity index (χ1v) is 5.76. The molecule has 0 radical (unpaired) electrons. The molecule has 0 aromatic carbocycles. The molecule has 0 aromatic rings. The van der Waals surface area contributed by atoms with Gasteiger partial charge in [0.15, 0.2) is 0 Å². The molecule has 0 spiro atoms. The predicted molar refractivity (Wildman–Crippen MR) is 59.7 cm³/mol. The molecule has 0 fully saturated rings. The van der Waals surface area contributed by atoms with Gasteiger partial charge in [0, 0.05) is 0 Å². The summed E-state index contributed by atoms with van der Waals surface area (Å²) in [6, 6.07) is 0. The van der Waals surface area contributed by atoms with Gasteiger partial charge in [0.25, 0.3) is 0 Å². The fourth-order valence-electron chi connectivity index (χ4n) is 1.76. The van der Waals surface area contributed by atoms with Crippen LogP contribution in [0.3, 0.4) is 0 Å². The van der Waals surface area contributed by atoms with Crippen LogP contribution in [0.5, 0.6) is 0 Å². The molecule has 0 amide bonds. The van der Waals surface area contributed by atoms with Crippen molar-refractivity contribution in [3.05, 3.63) is 0 Å². The first-order valence-electron chi connectivity index (χ1n) is 5.76. The largest absolute Gasteiger partial charge is 0.481 e. The van der Waals surface area contributed by atoms with Gasteiger partial charge in [-0.05, 0) is 19.3 Å². The second kappa shape index (κ2) is 7.43. The highest BCUT2D eigenvalue weighted by Gasteiger charge is 2.25. The molecule has 0 aliphatic heterocycles. The van der Waals surface area contributed by atoms with Crippen molar-refractivity contribution < 1.29 is 14.7 Å². The van der Waals surface area contributed by atoms with E-state index in [1.807, 2.05) is 0 Å². The van der Waals surface area contributed by atoms with E-state index >= 15 is 0 Å². The Balaban J connectivity index is 4.22. The summed E-state index contributed by atoms with van der Waals surface area (Å²) >= 11 is 0. The summed E-state index contributed by atoms with van der Waals surface area (Å²) in [4.78, 5) is 22.0. The lowest BCUT2D eigenvalue weighted by molar-refractivity contribution is -0.146. The minimum Gasteiger partial charge on any atom is -0.481 e. The van der Waals surface area contributed by atoms with E-state index in [-0.39, 0.29) is 5.78 Å². The molecule has 2 atom stereocenters. The number of rotatable bonds is 8. The number of carbonyl (C=O) groups excluding carboxylic acids is 1. The van der Waals surface area contributed by atoms with Gasteiger partial charge in [0.2, 0.25) is 0 Å². The number of carboxylic acids is 1. The van der Waals surface area contributed by atoms with Gasteiger partial charge in [-0.1, -0.05) is 39.5 Å². The van der Waals surface area contributed by atoms with Gasteiger partial charge < -0.3 is 5.11 Å². The summed E-state index contributed by atoms with van der Waals surface area (Å²) in [5.74, 6) is -1.63. The van der Waals surface area contributed by atoms with Gasteiger partial charge in [-0.3, -0.25) is 9.59 Å². The zero-order valence-electron chi connectivity index (χ0n) is 9.95. The van der Waals surface area contributed by atoms with Crippen molar-refractivity contribution in [1.29, 1.82) is 0 Å². The molecule has 0 heterocycles. The summed E-state index contributed by atoms with van der Waals surface area (Å²) in [6.45, 7) is 5.54. The summed E-state index contributed by atoms with van der Waals surface area (Å²) in [7, 11) is 0. The van der Waals surface area contributed by atoms with Crippen molar-refractivity contribution in [3.63, 3.8) is 0 Å². The summed E-state index contributed by atoms with van der Waals surface area (Å²) in [6.07, 6.45) is 4.72. The van der Waals surface area contributed by atoms with Gasteiger partial charge in [-0.25, -0.2) is 0 Å². The molecule has 0 rings (SSSR count). The van der Waals surface area contributed by atoms with Crippen molar-refractivity contribution in [1.82, 2.24) is 0 Å². The average Bonchev–Trinajstić information content (AvgIpc) is 2.17. The average molecular weight is 214 g/mol. The molecule has 0 saturated carbocycles. The van der Waals surface area contributed by atoms with Crippen molar-refractivity contribution in [2.75, 3.05) is 0 Å². The highest BCUT2D eigenvalue weighted by atomic mass is 16.4. The van der Waals surface area contributed by atoms with E-state index in [9.17, 15) is 9.59 Å². The number of Topliss-reactive ketones (excluding diaryl/α,β-unsaturated/α-hetero) is 1. The van der Waals surface area contributed by atoms with E-state index in [4.69, 9.17) is 5.11 Å². The molecule has 3 nitrogen and oxygen atoms in total. The van der Waals surface area contributed by atoms with E-state index in [1.165, 1.54) is 6.92 Å². The van der Waals surface area contributed by atoms with E-state index in [1.54, 1.807) is 0 Å². The van der Waals surface area contributed by atoms with E-state index in [0.717, 1.165) is 25.7 Å². The maximum atomic E-state index is 11.1. The zero-order chi connectivity index (χ0) is 11.8. The molecule has 0 aliphatic carbocycles. The van der Waals surface area contributed by atoms with Gasteiger partial charge in [-0.2, -0.15) is 0 Å². The molecule has 0 bridgehead atoms. The molecule has 3 heteroatoms. The standard InChI is InChI=1S/C12H22O3/c1-4-6-7-10(5-2)8-11(9(3)13)12(14)15/h10-11H,4-8H2,1-3H3,(H,14,15). The van der Waals surface area contributed by atoms with E-state index in [0.29, 0.717) is 12.3 Å². The van der Waals surface area contributed by atoms with Gasteiger partial charge in [0.1, 0.15) is 11.7 Å². The second-order valence-electron chi connectivity index (χ2n) is 4.15. The van der Waals surface area contributed by atoms with Gasteiger partial charge in [-0.15, -0.1) is 0 Å². The van der Waals surface area contributed by atoms with Crippen LogP contribution in [-0.2, 0) is 9.59 Å². The molecule has 1 N–H and O–H groups in total. The maximum absolute atomic E-state index is 11.1. The number of aliphatic carboxylic acids is 1. The van der Waals surface area contributed by atoms with Crippen LogP contribution in [-0.4, -0.2) is 16.9 Å². The Morgan fingerprint density at radius 3 is 2.20 bits per heavy atom. The summed E-state index contributed by atoms with van der Waals surface area (Å²) in [5.41, 5.74) is 0. The third kappa shape index (κ3) is 5.55. The Kier molecular flexibility index (Phi) is 7.01. The minimum absolute atomic E-state index is 0.225. The van der Waals surface area contributed by atoms with Gasteiger partial charge in [0.05, 0.1) is 0 Å². The monoisotopic (exact) mass is 214 g/mol. The molecule has 0 aliphatic rings. The second-order valence-corrected chi connectivity index (χ2v) is 4.15. The van der Waals surface area contributed by atoms with Crippen LogP contribution in [0.4, 0.5) is 0 Å². The molecule has 15 heavy (non-hydrogen) atoms. The molecule has 0 saturated heterocycles. The quantitative estimate of drug-likeness (QED) is 0.632. The number of carbonyl (C=O) groups is 2. The third-order valence-electron chi connectivity index (χ3n) is 2.90. The van der Waals surface area contributed by atoms with Gasteiger partial charge >= 0.3 is 5.97 Å². The van der Waals surface area contributed by atoms with E-state index < -0.39 is 11.9 Å². The zero-order valence-corrected chi connectivity index (χ0v) is 9.95. The Bertz CT molecular complexity index is 197. The number of unbranched alkanes of at least 4 members (excludes halogenated alkanes) is 1. The highest BCUT2D eigenvalue weighted by molar-refractivity contribution is 5.96.